The van der Waals surface area contributed by atoms with Gasteiger partial charge in [0, 0.05) is 5.56 Å². The molecule has 1 unspecified atom stereocenters. The smallest absolute Gasteiger partial charge is 0.130 e. The summed E-state index contributed by atoms with van der Waals surface area (Å²) in [6.07, 6.45) is 0. The lowest BCUT2D eigenvalue weighted by molar-refractivity contribution is 0.391. The van der Waals surface area contributed by atoms with Gasteiger partial charge in [-0.1, -0.05) is 0 Å². The van der Waals surface area contributed by atoms with Crippen molar-refractivity contribution in [2.45, 2.75) is 12.5 Å². The molecule has 4 heteroatoms. The molecule has 0 aromatic heterocycles. The predicted molar refractivity (Wildman–Crippen MR) is 56.7 cm³/mol. The van der Waals surface area contributed by atoms with Crippen molar-refractivity contribution in [1.29, 1.82) is 5.26 Å². The Balaban J connectivity index is 3.31. The van der Waals surface area contributed by atoms with E-state index in [9.17, 15) is 0 Å². The summed E-state index contributed by atoms with van der Waals surface area (Å²) in [5, 5.41) is 8.96. The summed E-state index contributed by atoms with van der Waals surface area (Å²) < 4.78 is 10.2. The number of rotatable bonds is 3. The van der Waals surface area contributed by atoms with Crippen molar-refractivity contribution in [2.24, 2.45) is 5.73 Å². The molecule has 0 heterocycles. The van der Waals surface area contributed by atoms with Gasteiger partial charge in [-0.15, -0.1) is 0 Å². The number of benzene rings is 1. The Morgan fingerprint density at radius 1 is 1.33 bits per heavy atom. The molecule has 1 atom stereocenters. The summed E-state index contributed by atoms with van der Waals surface area (Å²) in [5.74, 6) is 1.24. The third kappa shape index (κ3) is 2.20. The molecule has 0 aliphatic carbocycles. The minimum absolute atomic E-state index is 0.586. The normalized spacial score (nSPS) is 13.8. The van der Waals surface area contributed by atoms with Gasteiger partial charge in [0.2, 0.25) is 0 Å². The van der Waals surface area contributed by atoms with Crippen molar-refractivity contribution >= 4 is 0 Å². The lowest BCUT2D eigenvalue weighted by Gasteiger charge is -2.19. The molecular formula is C11H14N2O2. The fourth-order valence-corrected chi connectivity index (χ4v) is 1.28. The van der Waals surface area contributed by atoms with E-state index in [0.29, 0.717) is 17.1 Å². The Hall–Kier alpha value is -1.73. The second-order valence-electron chi connectivity index (χ2n) is 3.38. The van der Waals surface area contributed by atoms with Crippen LogP contribution in [-0.2, 0) is 5.54 Å². The van der Waals surface area contributed by atoms with Crippen LogP contribution in [0.4, 0.5) is 0 Å². The molecule has 1 aromatic rings. The Kier molecular flexibility index (Phi) is 3.17. The van der Waals surface area contributed by atoms with Crippen LogP contribution in [0.3, 0.4) is 0 Å². The molecule has 0 bridgehead atoms. The molecule has 0 radical (unpaired) electrons. The maximum Gasteiger partial charge on any atom is 0.130 e. The molecule has 0 saturated heterocycles. The summed E-state index contributed by atoms with van der Waals surface area (Å²) in [7, 11) is 3.10. The SMILES string of the molecule is COc1ccc(OC)c(C(C)(N)C#N)c1. The second-order valence-corrected chi connectivity index (χ2v) is 3.38. The van der Waals surface area contributed by atoms with Crippen molar-refractivity contribution in [3.63, 3.8) is 0 Å². The zero-order valence-corrected chi connectivity index (χ0v) is 9.07. The topological polar surface area (TPSA) is 68.3 Å². The third-order valence-corrected chi connectivity index (χ3v) is 2.20. The number of hydrogen-bond donors (Lipinski definition) is 1. The van der Waals surface area contributed by atoms with E-state index in [1.54, 1.807) is 39.3 Å². The molecule has 1 aromatic carbocycles. The molecule has 0 spiro atoms. The highest BCUT2D eigenvalue weighted by atomic mass is 16.5. The Bertz CT molecular complexity index is 394. The summed E-state index contributed by atoms with van der Waals surface area (Å²) in [4.78, 5) is 0. The zero-order chi connectivity index (χ0) is 11.5. The summed E-state index contributed by atoms with van der Waals surface area (Å²) >= 11 is 0. The summed E-state index contributed by atoms with van der Waals surface area (Å²) in [6, 6.07) is 7.23. The van der Waals surface area contributed by atoms with Crippen LogP contribution in [0.5, 0.6) is 11.5 Å². The van der Waals surface area contributed by atoms with Crippen LogP contribution in [0.25, 0.3) is 0 Å². The van der Waals surface area contributed by atoms with Crippen LogP contribution in [0.1, 0.15) is 12.5 Å². The van der Waals surface area contributed by atoms with E-state index in [1.165, 1.54) is 0 Å². The Morgan fingerprint density at radius 3 is 2.47 bits per heavy atom. The van der Waals surface area contributed by atoms with Gasteiger partial charge < -0.3 is 15.2 Å². The van der Waals surface area contributed by atoms with Gasteiger partial charge >= 0.3 is 0 Å². The fourth-order valence-electron chi connectivity index (χ4n) is 1.28. The van der Waals surface area contributed by atoms with Crippen molar-refractivity contribution in [1.82, 2.24) is 0 Å². The minimum atomic E-state index is -1.08. The van der Waals surface area contributed by atoms with Gasteiger partial charge in [0.25, 0.3) is 0 Å². The van der Waals surface area contributed by atoms with Crippen LogP contribution < -0.4 is 15.2 Å². The molecule has 15 heavy (non-hydrogen) atoms. The Morgan fingerprint density at radius 2 is 2.00 bits per heavy atom. The van der Waals surface area contributed by atoms with E-state index in [-0.39, 0.29) is 0 Å². The van der Waals surface area contributed by atoms with Gasteiger partial charge in [0.1, 0.15) is 17.0 Å². The van der Waals surface area contributed by atoms with E-state index in [1.807, 2.05) is 6.07 Å². The van der Waals surface area contributed by atoms with Crippen LogP contribution in [0.15, 0.2) is 18.2 Å². The van der Waals surface area contributed by atoms with Crippen molar-refractivity contribution in [3.8, 4) is 17.6 Å². The first-order valence-electron chi connectivity index (χ1n) is 4.48. The molecule has 2 N–H and O–H groups in total. The third-order valence-electron chi connectivity index (χ3n) is 2.20. The number of hydrogen-bond acceptors (Lipinski definition) is 4. The highest BCUT2D eigenvalue weighted by Gasteiger charge is 2.25. The monoisotopic (exact) mass is 206 g/mol. The van der Waals surface area contributed by atoms with Crippen LogP contribution in [0.2, 0.25) is 0 Å². The first-order valence-corrected chi connectivity index (χ1v) is 4.48. The van der Waals surface area contributed by atoms with Crippen molar-refractivity contribution in [2.75, 3.05) is 14.2 Å². The van der Waals surface area contributed by atoms with Gasteiger partial charge in [-0.2, -0.15) is 5.26 Å². The lowest BCUT2D eigenvalue weighted by Crippen LogP contribution is -2.31. The van der Waals surface area contributed by atoms with Gasteiger partial charge in [-0.05, 0) is 25.1 Å². The maximum absolute atomic E-state index is 8.96. The Labute approximate surface area is 89.2 Å². The second kappa shape index (κ2) is 4.20. The van der Waals surface area contributed by atoms with E-state index < -0.39 is 5.54 Å². The standard InChI is InChI=1S/C11H14N2O2/c1-11(13,7-12)9-6-8(14-2)4-5-10(9)15-3/h4-6H,13H2,1-3H3. The number of methoxy groups -OCH3 is 2. The van der Waals surface area contributed by atoms with Crippen LogP contribution in [0, 0.1) is 11.3 Å². The number of nitrogens with two attached hydrogens (primary N) is 1. The molecule has 80 valence electrons. The number of nitriles is 1. The van der Waals surface area contributed by atoms with Gasteiger partial charge in [-0.25, -0.2) is 0 Å². The highest BCUT2D eigenvalue weighted by molar-refractivity contribution is 5.46. The molecule has 0 aliphatic rings. The highest BCUT2D eigenvalue weighted by Crippen LogP contribution is 2.31. The minimum Gasteiger partial charge on any atom is -0.497 e. The summed E-state index contributed by atoms with van der Waals surface area (Å²) in [5.41, 5.74) is 5.37. The average Bonchev–Trinajstić information content (AvgIpc) is 2.28. The predicted octanol–water partition coefficient (Wildman–Crippen LogP) is 1.40. The molecular weight excluding hydrogens is 192 g/mol. The lowest BCUT2D eigenvalue weighted by atomic mass is 9.94. The molecule has 0 aliphatic heterocycles. The molecule has 0 fully saturated rings. The fraction of sp³-hybridized carbons (Fsp3) is 0.364. The van der Waals surface area contributed by atoms with Crippen molar-refractivity contribution in [3.05, 3.63) is 23.8 Å². The zero-order valence-electron chi connectivity index (χ0n) is 9.07. The molecule has 1 rings (SSSR count). The quantitative estimate of drug-likeness (QED) is 0.811. The van der Waals surface area contributed by atoms with Crippen LogP contribution >= 0.6 is 0 Å². The van der Waals surface area contributed by atoms with E-state index >= 15 is 0 Å². The average molecular weight is 206 g/mol. The largest absolute Gasteiger partial charge is 0.497 e. The first kappa shape index (κ1) is 11.3. The van der Waals surface area contributed by atoms with Crippen molar-refractivity contribution < 1.29 is 9.47 Å². The van der Waals surface area contributed by atoms with Gasteiger partial charge in [0.05, 0.1) is 20.3 Å². The number of nitrogens with zero attached hydrogens (tertiary/aromatic N) is 1. The maximum atomic E-state index is 8.96. The molecule has 0 saturated carbocycles. The van der Waals surface area contributed by atoms with Gasteiger partial charge in [0.15, 0.2) is 0 Å². The number of ether oxygens (including phenoxy) is 2. The van der Waals surface area contributed by atoms with E-state index in [2.05, 4.69) is 0 Å². The van der Waals surface area contributed by atoms with E-state index in [4.69, 9.17) is 20.5 Å². The van der Waals surface area contributed by atoms with Crippen LogP contribution in [-0.4, -0.2) is 14.2 Å². The molecule has 0 amide bonds. The van der Waals surface area contributed by atoms with Gasteiger partial charge in [-0.3, -0.25) is 0 Å². The molecule has 4 nitrogen and oxygen atoms in total. The summed E-state index contributed by atoms with van der Waals surface area (Å²) in [6.45, 7) is 1.63. The van der Waals surface area contributed by atoms with E-state index in [0.717, 1.165) is 0 Å². The first-order chi connectivity index (χ1) is 7.05.